The van der Waals surface area contributed by atoms with Crippen molar-refractivity contribution < 1.29 is 4.74 Å². The second kappa shape index (κ2) is 7.60. The summed E-state index contributed by atoms with van der Waals surface area (Å²) < 4.78 is 6.52. The Labute approximate surface area is 155 Å². The van der Waals surface area contributed by atoms with Gasteiger partial charge in [0.2, 0.25) is 0 Å². The van der Waals surface area contributed by atoms with Crippen molar-refractivity contribution >= 4 is 38.4 Å². The molecule has 0 aliphatic rings. The Bertz CT molecular complexity index is 860. The SMILES string of the molecule is COc1ccccc1-c1[nH]c2c(Br)cc(Cl)cc2c1CCCCN. The van der Waals surface area contributed by atoms with E-state index >= 15 is 0 Å². The summed E-state index contributed by atoms with van der Waals surface area (Å²) in [6.45, 7) is 0.705. The Morgan fingerprint density at radius 2 is 2.00 bits per heavy atom. The molecule has 0 amide bonds. The summed E-state index contributed by atoms with van der Waals surface area (Å²) in [5, 5.41) is 1.87. The lowest BCUT2D eigenvalue weighted by Crippen LogP contribution is -1.99. The van der Waals surface area contributed by atoms with Gasteiger partial charge in [-0.15, -0.1) is 0 Å². The first-order valence-electron chi connectivity index (χ1n) is 7.98. The number of para-hydroxylation sites is 1. The van der Waals surface area contributed by atoms with Gasteiger partial charge in [-0.3, -0.25) is 0 Å². The average molecular weight is 408 g/mol. The van der Waals surface area contributed by atoms with Crippen LogP contribution in [0.15, 0.2) is 40.9 Å². The number of aromatic amines is 1. The first-order valence-corrected chi connectivity index (χ1v) is 9.16. The summed E-state index contributed by atoms with van der Waals surface area (Å²) in [7, 11) is 1.70. The number of nitrogens with two attached hydrogens (primary N) is 1. The molecule has 126 valence electrons. The van der Waals surface area contributed by atoms with Gasteiger partial charge in [0.1, 0.15) is 5.75 Å². The molecular formula is C19H20BrClN2O. The van der Waals surface area contributed by atoms with Crippen molar-refractivity contribution in [2.75, 3.05) is 13.7 Å². The fourth-order valence-corrected chi connectivity index (χ4v) is 3.97. The summed E-state index contributed by atoms with van der Waals surface area (Å²) in [6, 6.07) is 12.0. The third-order valence-corrected chi connectivity index (χ3v) is 5.03. The second-order valence-electron chi connectivity index (χ2n) is 5.73. The van der Waals surface area contributed by atoms with Crippen molar-refractivity contribution in [1.82, 2.24) is 4.98 Å². The highest BCUT2D eigenvalue weighted by molar-refractivity contribution is 9.10. The number of nitrogens with one attached hydrogen (secondary N) is 1. The fraction of sp³-hybridized carbons (Fsp3) is 0.263. The normalized spacial score (nSPS) is 11.2. The number of aryl methyl sites for hydroxylation is 1. The van der Waals surface area contributed by atoms with E-state index in [1.54, 1.807) is 7.11 Å². The molecule has 0 spiro atoms. The van der Waals surface area contributed by atoms with E-state index in [1.807, 2.05) is 30.3 Å². The standard InChI is InChI=1S/C19H20BrClN2O/c1-24-17-8-3-2-7-14(17)18-13(6-4-5-9-22)15-10-12(21)11-16(20)19(15)23-18/h2-3,7-8,10-11,23H,4-6,9,22H2,1H3. The minimum atomic E-state index is 0.705. The Kier molecular flexibility index (Phi) is 5.49. The number of hydrogen-bond acceptors (Lipinski definition) is 2. The summed E-state index contributed by atoms with van der Waals surface area (Å²) in [6.07, 6.45) is 2.98. The van der Waals surface area contributed by atoms with E-state index < -0.39 is 0 Å². The number of H-pyrrole nitrogens is 1. The van der Waals surface area contributed by atoms with Crippen LogP contribution in [0.3, 0.4) is 0 Å². The van der Waals surface area contributed by atoms with Crippen molar-refractivity contribution in [3.8, 4) is 17.0 Å². The molecular weight excluding hydrogens is 388 g/mol. The van der Waals surface area contributed by atoms with Crippen molar-refractivity contribution in [2.45, 2.75) is 19.3 Å². The third kappa shape index (κ3) is 3.32. The number of unbranched alkanes of at least 4 members (excludes halogenated alkanes) is 1. The van der Waals surface area contributed by atoms with E-state index in [1.165, 1.54) is 5.56 Å². The van der Waals surface area contributed by atoms with Crippen molar-refractivity contribution in [3.05, 3.63) is 51.5 Å². The highest BCUT2D eigenvalue weighted by Gasteiger charge is 2.17. The maximum atomic E-state index is 6.28. The van der Waals surface area contributed by atoms with Crippen LogP contribution in [0.5, 0.6) is 5.75 Å². The Morgan fingerprint density at radius 3 is 2.75 bits per heavy atom. The highest BCUT2D eigenvalue weighted by atomic mass is 79.9. The first-order chi connectivity index (χ1) is 11.7. The van der Waals surface area contributed by atoms with Crippen LogP contribution in [0.25, 0.3) is 22.2 Å². The van der Waals surface area contributed by atoms with E-state index in [2.05, 4.69) is 27.0 Å². The number of rotatable bonds is 6. The van der Waals surface area contributed by atoms with E-state index in [9.17, 15) is 0 Å². The molecule has 0 unspecified atom stereocenters. The number of aromatic nitrogens is 1. The minimum absolute atomic E-state index is 0.705. The zero-order chi connectivity index (χ0) is 17.1. The smallest absolute Gasteiger partial charge is 0.128 e. The van der Waals surface area contributed by atoms with Crippen LogP contribution in [0.4, 0.5) is 0 Å². The third-order valence-electron chi connectivity index (χ3n) is 4.19. The quantitative estimate of drug-likeness (QED) is 0.527. The molecule has 1 heterocycles. The molecule has 5 heteroatoms. The van der Waals surface area contributed by atoms with Crippen molar-refractivity contribution in [3.63, 3.8) is 0 Å². The topological polar surface area (TPSA) is 51.0 Å². The van der Waals surface area contributed by atoms with Gasteiger partial charge in [0.05, 0.1) is 18.3 Å². The Hall–Kier alpha value is -1.49. The molecule has 0 radical (unpaired) electrons. The monoisotopic (exact) mass is 406 g/mol. The molecule has 24 heavy (non-hydrogen) atoms. The van der Waals surface area contributed by atoms with Crippen LogP contribution in [-0.2, 0) is 6.42 Å². The predicted molar refractivity (Wildman–Crippen MR) is 105 cm³/mol. The number of ether oxygens (including phenoxy) is 1. The molecule has 3 aromatic rings. The molecule has 2 aromatic carbocycles. The zero-order valence-electron chi connectivity index (χ0n) is 13.5. The van der Waals surface area contributed by atoms with Crippen LogP contribution < -0.4 is 10.5 Å². The summed E-state index contributed by atoms with van der Waals surface area (Å²) in [5.41, 5.74) is 10.1. The molecule has 3 N–H and O–H groups in total. The van der Waals surface area contributed by atoms with Gasteiger partial charge in [-0.25, -0.2) is 0 Å². The molecule has 0 aliphatic heterocycles. The van der Waals surface area contributed by atoms with Crippen molar-refractivity contribution in [1.29, 1.82) is 0 Å². The highest BCUT2D eigenvalue weighted by Crippen LogP contribution is 2.39. The van der Waals surface area contributed by atoms with E-state index in [0.29, 0.717) is 6.54 Å². The molecule has 0 aliphatic carbocycles. The second-order valence-corrected chi connectivity index (χ2v) is 7.03. The number of halogens is 2. The lowest BCUT2D eigenvalue weighted by atomic mass is 10.00. The number of fused-ring (bicyclic) bond motifs is 1. The van der Waals surface area contributed by atoms with E-state index in [0.717, 1.165) is 56.7 Å². The van der Waals surface area contributed by atoms with Crippen LogP contribution in [0.2, 0.25) is 5.02 Å². The van der Waals surface area contributed by atoms with E-state index in [-0.39, 0.29) is 0 Å². The molecule has 0 saturated heterocycles. The number of hydrogen-bond donors (Lipinski definition) is 2. The fourth-order valence-electron chi connectivity index (χ4n) is 3.06. The van der Waals surface area contributed by atoms with Crippen LogP contribution in [-0.4, -0.2) is 18.6 Å². The van der Waals surface area contributed by atoms with Crippen LogP contribution in [0.1, 0.15) is 18.4 Å². The predicted octanol–water partition coefficient (Wildman–Crippen LogP) is 5.54. The molecule has 3 nitrogen and oxygen atoms in total. The Balaban J connectivity index is 2.22. The van der Waals surface area contributed by atoms with Crippen molar-refractivity contribution in [2.24, 2.45) is 5.73 Å². The molecule has 3 rings (SSSR count). The molecule has 0 saturated carbocycles. The van der Waals surface area contributed by atoms with Gasteiger partial charge in [-0.05, 0) is 71.6 Å². The number of methoxy groups -OCH3 is 1. The van der Waals surface area contributed by atoms with Gasteiger partial charge in [-0.2, -0.15) is 0 Å². The molecule has 1 aromatic heterocycles. The van der Waals surface area contributed by atoms with Gasteiger partial charge >= 0.3 is 0 Å². The van der Waals surface area contributed by atoms with Gasteiger partial charge in [0.15, 0.2) is 0 Å². The van der Waals surface area contributed by atoms with Crippen LogP contribution >= 0.6 is 27.5 Å². The molecule has 0 bridgehead atoms. The lowest BCUT2D eigenvalue weighted by Gasteiger charge is -2.09. The average Bonchev–Trinajstić information content (AvgIpc) is 2.94. The van der Waals surface area contributed by atoms with Gasteiger partial charge in [0.25, 0.3) is 0 Å². The maximum absolute atomic E-state index is 6.28. The zero-order valence-corrected chi connectivity index (χ0v) is 15.9. The Morgan fingerprint density at radius 1 is 1.21 bits per heavy atom. The van der Waals surface area contributed by atoms with Gasteiger partial charge in [0, 0.05) is 20.4 Å². The van der Waals surface area contributed by atoms with Crippen LogP contribution in [0, 0.1) is 0 Å². The van der Waals surface area contributed by atoms with E-state index in [4.69, 9.17) is 22.1 Å². The lowest BCUT2D eigenvalue weighted by molar-refractivity contribution is 0.416. The summed E-state index contributed by atoms with van der Waals surface area (Å²) in [4.78, 5) is 3.56. The molecule has 0 atom stereocenters. The summed E-state index contributed by atoms with van der Waals surface area (Å²) >= 11 is 9.90. The first kappa shape index (κ1) is 17.3. The molecule has 0 fully saturated rings. The number of benzene rings is 2. The van der Waals surface area contributed by atoms with Gasteiger partial charge < -0.3 is 15.5 Å². The largest absolute Gasteiger partial charge is 0.496 e. The summed E-state index contributed by atoms with van der Waals surface area (Å²) in [5.74, 6) is 0.853. The van der Waals surface area contributed by atoms with Gasteiger partial charge in [-0.1, -0.05) is 23.7 Å². The maximum Gasteiger partial charge on any atom is 0.128 e. The minimum Gasteiger partial charge on any atom is -0.496 e.